The summed E-state index contributed by atoms with van der Waals surface area (Å²) in [4.78, 5) is 14.7. The number of nitrogens with one attached hydrogen (secondary N) is 1. The van der Waals surface area contributed by atoms with Crippen LogP contribution in [0.1, 0.15) is 18.6 Å². The summed E-state index contributed by atoms with van der Waals surface area (Å²) in [5.41, 5.74) is 1.45. The van der Waals surface area contributed by atoms with Gasteiger partial charge in [-0.1, -0.05) is 34.1 Å². The quantitative estimate of drug-likeness (QED) is 0.702. The van der Waals surface area contributed by atoms with Gasteiger partial charge in [-0.15, -0.1) is 0 Å². The Labute approximate surface area is 173 Å². The van der Waals surface area contributed by atoms with Crippen LogP contribution in [-0.2, 0) is 19.6 Å². The van der Waals surface area contributed by atoms with E-state index in [0.29, 0.717) is 25.4 Å². The lowest BCUT2D eigenvalue weighted by Crippen LogP contribution is -2.48. The number of carbonyl (C=O) groups excluding carboxylic acids is 1. The highest BCUT2D eigenvalue weighted by Gasteiger charge is 2.29. The summed E-state index contributed by atoms with van der Waals surface area (Å²) in [6, 6.07) is 13.4. The maximum absolute atomic E-state index is 12.7. The van der Waals surface area contributed by atoms with E-state index < -0.39 is 16.1 Å². The zero-order valence-corrected chi connectivity index (χ0v) is 17.7. The highest BCUT2D eigenvalue weighted by Crippen LogP contribution is 2.25. The molecule has 3 rings (SSSR count). The largest absolute Gasteiger partial charge is 0.371 e. The second kappa shape index (κ2) is 8.71. The lowest BCUT2D eigenvalue weighted by Gasteiger charge is -2.36. The smallest absolute Gasteiger partial charge is 0.241 e. The molecule has 1 aliphatic rings. The molecular formula is C19H22BrN3O4S. The highest BCUT2D eigenvalue weighted by molar-refractivity contribution is 9.10. The molecule has 1 saturated heterocycles. The minimum absolute atomic E-state index is 0.0420. The first-order valence-corrected chi connectivity index (χ1v) is 11.1. The van der Waals surface area contributed by atoms with Crippen LogP contribution in [0.25, 0.3) is 0 Å². The van der Waals surface area contributed by atoms with Gasteiger partial charge in [-0.25, -0.2) is 13.6 Å². The van der Waals surface area contributed by atoms with E-state index in [1.807, 2.05) is 31.2 Å². The third-order valence-corrected chi connectivity index (χ3v) is 6.14. The Hall–Kier alpha value is -1.78. The van der Waals surface area contributed by atoms with E-state index in [0.717, 1.165) is 10.0 Å². The van der Waals surface area contributed by atoms with Gasteiger partial charge in [0.2, 0.25) is 15.9 Å². The number of sulfonamides is 1. The number of benzene rings is 2. The van der Waals surface area contributed by atoms with Gasteiger partial charge in [0.25, 0.3) is 0 Å². The second-order valence-electron chi connectivity index (χ2n) is 6.64. The van der Waals surface area contributed by atoms with E-state index in [4.69, 9.17) is 9.88 Å². The molecule has 1 heterocycles. The van der Waals surface area contributed by atoms with Crippen molar-refractivity contribution in [3.8, 4) is 0 Å². The second-order valence-corrected chi connectivity index (χ2v) is 9.12. The van der Waals surface area contributed by atoms with Crippen LogP contribution in [0.4, 0.5) is 5.69 Å². The van der Waals surface area contributed by atoms with Crippen LogP contribution in [0.15, 0.2) is 57.9 Å². The van der Waals surface area contributed by atoms with Gasteiger partial charge in [0, 0.05) is 23.2 Å². The van der Waals surface area contributed by atoms with Gasteiger partial charge in [0.1, 0.15) is 0 Å². The normalized spacial score (nSPS) is 19.2. The predicted molar refractivity (Wildman–Crippen MR) is 110 cm³/mol. The van der Waals surface area contributed by atoms with Crippen molar-refractivity contribution in [1.29, 1.82) is 0 Å². The zero-order valence-electron chi connectivity index (χ0n) is 15.3. The topological polar surface area (TPSA) is 102 Å². The fraction of sp³-hybridized carbons (Fsp3) is 0.316. The van der Waals surface area contributed by atoms with Gasteiger partial charge in [0.15, 0.2) is 0 Å². The van der Waals surface area contributed by atoms with Crippen molar-refractivity contribution in [1.82, 2.24) is 4.90 Å². The molecule has 3 N–H and O–H groups in total. The molecule has 0 spiro atoms. The first-order valence-electron chi connectivity index (χ1n) is 8.79. The van der Waals surface area contributed by atoms with Crippen molar-refractivity contribution in [2.24, 2.45) is 5.14 Å². The van der Waals surface area contributed by atoms with Crippen molar-refractivity contribution in [3.05, 3.63) is 58.6 Å². The van der Waals surface area contributed by atoms with Crippen LogP contribution in [0.5, 0.6) is 0 Å². The Balaban J connectivity index is 1.66. The van der Waals surface area contributed by atoms with Gasteiger partial charge in [0.05, 0.1) is 23.6 Å². The van der Waals surface area contributed by atoms with Crippen LogP contribution in [-0.4, -0.2) is 45.0 Å². The van der Waals surface area contributed by atoms with Crippen LogP contribution in [0, 0.1) is 0 Å². The number of hydrogen-bond donors (Lipinski definition) is 2. The lowest BCUT2D eigenvalue weighted by molar-refractivity contribution is -0.124. The van der Waals surface area contributed by atoms with Crippen molar-refractivity contribution in [2.75, 3.05) is 25.0 Å². The number of nitrogens with two attached hydrogens (primary N) is 1. The van der Waals surface area contributed by atoms with Crippen LogP contribution in [0.2, 0.25) is 0 Å². The molecule has 0 radical (unpaired) electrons. The van der Waals surface area contributed by atoms with Gasteiger partial charge in [-0.05, 0) is 42.8 Å². The zero-order chi connectivity index (χ0) is 20.3. The summed E-state index contributed by atoms with van der Waals surface area (Å²) >= 11 is 3.42. The van der Waals surface area contributed by atoms with Crippen molar-refractivity contribution >= 4 is 37.5 Å². The molecule has 0 aromatic heterocycles. The van der Waals surface area contributed by atoms with Crippen molar-refractivity contribution < 1.29 is 17.9 Å². The molecule has 1 aliphatic heterocycles. The Morgan fingerprint density at radius 1 is 1.29 bits per heavy atom. The molecule has 7 nitrogen and oxygen atoms in total. The summed E-state index contributed by atoms with van der Waals surface area (Å²) in [5, 5.41) is 7.91. The van der Waals surface area contributed by atoms with Gasteiger partial charge >= 0.3 is 0 Å². The number of hydrogen-bond acceptors (Lipinski definition) is 5. The maximum Gasteiger partial charge on any atom is 0.241 e. The van der Waals surface area contributed by atoms with Crippen LogP contribution in [0.3, 0.4) is 0 Å². The standard InChI is InChI=1S/C19H22BrN3O4S/c1-13(19(24)22-16-3-2-4-17(11-16)28(21,25)26)23-9-10-27-18(12-23)14-5-7-15(20)8-6-14/h2-8,11,13,18H,9-10,12H2,1H3,(H,22,24)(H2,21,25,26). The highest BCUT2D eigenvalue weighted by atomic mass is 79.9. The average molecular weight is 468 g/mol. The number of morpholine rings is 1. The maximum atomic E-state index is 12.7. The number of rotatable bonds is 5. The Bertz CT molecular complexity index is 950. The summed E-state index contributed by atoms with van der Waals surface area (Å²) in [6.45, 7) is 3.58. The molecule has 0 bridgehead atoms. The summed E-state index contributed by atoms with van der Waals surface area (Å²) in [7, 11) is -3.82. The molecule has 0 aliphatic carbocycles. The molecule has 2 aromatic rings. The number of anilines is 1. The van der Waals surface area contributed by atoms with E-state index >= 15 is 0 Å². The van der Waals surface area contributed by atoms with E-state index in [-0.39, 0.29) is 16.9 Å². The SMILES string of the molecule is CC(C(=O)Nc1cccc(S(N)(=O)=O)c1)N1CCOC(c2ccc(Br)cc2)C1. The predicted octanol–water partition coefficient (Wildman–Crippen LogP) is 2.50. The lowest BCUT2D eigenvalue weighted by atomic mass is 10.1. The molecule has 2 atom stereocenters. The molecule has 2 aromatic carbocycles. The summed E-state index contributed by atoms with van der Waals surface area (Å²) < 4.78 is 29.8. The Morgan fingerprint density at radius 2 is 2.00 bits per heavy atom. The number of ether oxygens (including phenoxy) is 1. The number of amides is 1. The van der Waals surface area contributed by atoms with Gasteiger partial charge < -0.3 is 10.1 Å². The van der Waals surface area contributed by atoms with Gasteiger partial charge in [-0.2, -0.15) is 0 Å². The Kier molecular flexibility index (Phi) is 6.51. The number of nitrogens with zero attached hydrogens (tertiary/aromatic N) is 1. The number of halogens is 1. The molecule has 9 heteroatoms. The molecule has 150 valence electrons. The van der Waals surface area contributed by atoms with Crippen molar-refractivity contribution in [2.45, 2.75) is 24.0 Å². The first-order chi connectivity index (χ1) is 13.2. The van der Waals surface area contributed by atoms with Crippen LogP contribution < -0.4 is 10.5 Å². The summed E-state index contributed by atoms with van der Waals surface area (Å²) in [5.74, 6) is -0.219. The average Bonchev–Trinajstić information content (AvgIpc) is 2.67. The monoisotopic (exact) mass is 467 g/mol. The van der Waals surface area contributed by atoms with E-state index in [9.17, 15) is 13.2 Å². The Morgan fingerprint density at radius 3 is 2.68 bits per heavy atom. The van der Waals surface area contributed by atoms with E-state index in [2.05, 4.69) is 26.1 Å². The fourth-order valence-corrected chi connectivity index (χ4v) is 3.89. The minimum atomic E-state index is -3.82. The first kappa shape index (κ1) is 20.9. The van der Waals surface area contributed by atoms with Crippen molar-refractivity contribution in [3.63, 3.8) is 0 Å². The van der Waals surface area contributed by atoms with E-state index in [1.54, 1.807) is 12.1 Å². The van der Waals surface area contributed by atoms with Crippen LogP contribution >= 0.6 is 15.9 Å². The number of primary sulfonamides is 1. The summed E-state index contributed by atoms with van der Waals surface area (Å²) in [6.07, 6.45) is -0.109. The van der Waals surface area contributed by atoms with E-state index in [1.165, 1.54) is 12.1 Å². The minimum Gasteiger partial charge on any atom is -0.371 e. The van der Waals surface area contributed by atoms with Gasteiger partial charge in [-0.3, -0.25) is 9.69 Å². The third kappa shape index (κ3) is 5.18. The molecule has 1 fully saturated rings. The fourth-order valence-electron chi connectivity index (χ4n) is 3.06. The molecule has 2 unspecified atom stereocenters. The third-order valence-electron chi connectivity index (χ3n) is 4.70. The molecular weight excluding hydrogens is 446 g/mol. The molecule has 1 amide bonds. The number of carbonyl (C=O) groups is 1. The molecule has 28 heavy (non-hydrogen) atoms. The molecule has 0 saturated carbocycles.